The Morgan fingerprint density at radius 2 is 1.91 bits per heavy atom. The van der Waals surface area contributed by atoms with E-state index in [2.05, 4.69) is 20.8 Å². The first-order valence-corrected chi connectivity index (χ1v) is 5.08. The Kier molecular flexibility index (Phi) is 3.42. The first-order chi connectivity index (χ1) is 5.25. The van der Waals surface area contributed by atoms with E-state index in [1.807, 2.05) is 0 Å². The van der Waals surface area contributed by atoms with Crippen molar-refractivity contribution in [3.05, 3.63) is 6.92 Å². The smallest absolute Gasteiger partial charge is 0.0363 e. The molecule has 65 valence electrons. The van der Waals surface area contributed by atoms with Gasteiger partial charge in [-0.1, -0.05) is 52.9 Å². The Hall–Kier alpha value is 0. The summed E-state index contributed by atoms with van der Waals surface area (Å²) < 4.78 is 0. The second-order valence-corrected chi connectivity index (χ2v) is 4.09. The van der Waals surface area contributed by atoms with Gasteiger partial charge in [0.25, 0.3) is 0 Å². The van der Waals surface area contributed by atoms with Crippen LogP contribution in [0.1, 0.15) is 46.0 Å². The van der Waals surface area contributed by atoms with Crippen molar-refractivity contribution >= 4 is 0 Å². The second-order valence-electron chi connectivity index (χ2n) is 4.09. The lowest BCUT2D eigenvalue weighted by Gasteiger charge is -2.25. The molecule has 0 aliphatic heterocycles. The van der Waals surface area contributed by atoms with Crippen LogP contribution in [-0.2, 0) is 0 Å². The Morgan fingerprint density at radius 3 is 2.27 bits per heavy atom. The normalized spacial score (nSPS) is 22.9. The van der Waals surface area contributed by atoms with E-state index in [1.54, 1.807) is 0 Å². The van der Waals surface area contributed by atoms with Crippen LogP contribution in [0.15, 0.2) is 0 Å². The van der Waals surface area contributed by atoms with Crippen LogP contribution in [0.3, 0.4) is 0 Å². The summed E-state index contributed by atoms with van der Waals surface area (Å²) in [5, 5.41) is 0. The molecule has 0 aromatic heterocycles. The summed E-state index contributed by atoms with van der Waals surface area (Å²) in [4.78, 5) is 0. The summed E-state index contributed by atoms with van der Waals surface area (Å²) >= 11 is 0. The maximum absolute atomic E-state index is 4.15. The lowest BCUT2D eigenvalue weighted by molar-refractivity contribution is 0.267. The van der Waals surface area contributed by atoms with Crippen LogP contribution in [0.25, 0.3) is 0 Å². The molecule has 0 heteroatoms. The van der Waals surface area contributed by atoms with Gasteiger partial charge in [-0.3, -0.25) is 0 Å². The van der Waals surface area contributed by atoms with Crippen molar-refractivity contribution in [2.24, 2.45) is 17.8 Å². The Balaban J connectivity index is 2.40. The maximum atomic E-state index is 4.15. The molecule has 1 radical (unpaired) electrons. The van der Waals surface area contributed by atoms with Gasteiger partial charge < -0.3 is 0 Å². The molecular formula is C11H21. The van der Waals surface area contributed by atoms with Crippen LogP contribution in [0.4, 0.5) is 0 Å². The molecule has 1 fully saturated rings. The third-order valence-corrected chi connectivity index (χ3v) is 3.21. The monoisotopic (exact) mass is 153 g/mol. The van der Waals surface area contributed by atoms with Crippen LogP contribution < -0.4 is 0 Å². The standard InChI is InChI=1S/C11H21/c1-4-11(9(2)3)10-7-5-6-8-10/h9-11H,2,4-8H2,1,3H3. The van der Waals surface area contributed by atoms with Crippen molar-refractivity contribution in [1.82, 2.24) is 0 Å². The summed E-state index contributed by atoms with van der Waals surface area (Å²) in [6.07, 6.45) is 7.20. The predicted octanol–water partition coefficient (Wildman–Crippen LogP) is 3.67. The third-order valence-electron chi connectivity index (χ3n) is 3.21. The molecule has 1 rings (SSSR count). The summed E-state index contributed by atoms with van der Waals surface area (Å²) in [6, 6.07) is 0. The quantitative estimate of drug-likeness (QED) is 0.580. The molecule has 0 heterocycles. The fraction of sp³-hybridized carbons (Fsp3) is 0.909. The fourth-order valence-electron chi connectivity index (χ4n) is 2.59. The predicted molar refractivity (Wildman–Crippen MR) is 50.3 cm³/mol. The van der Waals surface area contributed by atoms with Crippen molar-refractivity contribution in [2.45, 2.75) is 46.0 Å². The lowest BCUT2D eigenvalue weighted by Crippen LogP contribution is -2.16. The molecular weight excluding hydrogens is 132 g/mol. The molecule has 2 unspecified atom stereocenters. The molecule has 11 heavy (non-hydrogen) atoms. The zero-order chi connectivity index (χ0) is 8.27. The van der Waals surface area contributed by atoms with Gasteiger partial charge in [-0.25, -0.2) is 0 Å². The van der Waals surface area contributed by atoms with Crippen LogP contribution in [0, 0.1) is 24.7 Å². The largest absolute Gasteiger partial charge is 0.0651 e. The zero-order valence-electron chi connectivity index (χ0n) is 7.97. The van der Waals surface area contributed by atoms with Gasteiger partial charge in [-0.05, 0) is 17.8 Å². The van der Waals surface area contributed by atoms with Gasteiger partial charge in [0.15, 0.2) is 0 Å². The molecule has 0 nitrogen and oxygen atoms in total. The number of hydrogen-bond acceptors (Lipinski definition) is 0. The van der Waals surface area contributed by atoms with Crippen LogP contribution in [0.2, 0.25) is 0 Å². The third kappa shape index (κ3) is 2.21. The van der Waals surface area contributed by atoms with Crippen molar-refractivity contribution in [1.29, 1.82) is 0 Å². The highest BCUT2D eigenvalue weighted by Crippen LogP contribution is 2.36. The lowest BCUT2D eigenvalue weighted by atomic mass is 9.81. The Labute approximate surface area is 71.4 Å². The van der Waals surface area contributed by atoms with Crippen molar-refractivity contribution in [3.8, 4) is 0 Å². The maximum Gasteiger partial charge on any atom is -0.0363 e. The summed E-state index contributed by atoms with van der Waals surface area (Å²) in [6.45, 7) is 8.73. The van der Waals surface area contributed by atoms with E-state index in [0.717, 1.165) is 11.8 Å². The first kappa shape index (κ1) is 9.09. The van der Waals surface area contributed by atoms with Gasteiger partial charge >= 0.3 is 0 Å². The molecule has 0 spiro atoms. The van der Waals surface area contributed by atoms with E-state index in [1.165, 1.54) is 32.1 Å². The van der Waals surface area contributed by atoms with Gasteiger partial charge in [0.05, 0.1) is 0 Å². The van der Waals surface area contributed by atoms with Gasteiger partial charge in [-0.15, -0.1) is 0 Å². The Morgan fingerprint density at radius 1 is 1.36 bits per heavy atom. The average Bonchev–Trinajstić information content (AvgIpc) is 2.40. The van der Waals surface area contributed by atoms with E-state index in [0.29, 0.717) is 5.92 Å². The summed E-state index contributed by atoms with van der Waals surface area (Å²) in [5.41, 5.74) is 0. The van der Waals surface area contributed by atoms with Gasteiger partial charge in [0.2, 0.25) is 0 Å². The molecule has 1 aliphatic carbocycles. The van der Waals surface area contributed by atoms with E-state index in [4.69, 9.17) is 0 Å². The molecule has 2 atom stereocenters. The van der Waals surface area contributed by atoms with E-state index in [-0.39, 0.29) is 0 Å². The highest BCUT2D eigenvalue weighted by molar-refractivity contribution is 4.78. The molecule has 0 aromatic rings. The molecule has 1 aliphatic rings. The van der Waals surface area contributed by atoms with Gasteiger partial charge in [-0.2, -0.15) is 0 Å². The SMILES string of the molecule is [CH2]C(C)C(CC)C1CCCC1. The first-order valence-electron chi connectivity index (χ1n) is 5.08. The van der Waals surface area contributed by atoms with Crippen LogP contribution >= 0.6 is 0 Å². The van der Waals surface area contributed by atoms with Crippen molar-refractivity contribution in [3.63, 3.8) is 0 Å². The van der Waals surface area contributed by atoms with Gasteiger partial charge in [0.1, 0.15) is 0 Å². The molecule has 0 amide bonds. The van der Waals surface area contributed by atoms with Crippen molar-refractivity contribution in [2.75, 3.05) is 0 Å². The minimum absolute atomic E-state index is 0.656. The summed E-state index contributed by atoms with van der Waals surface area (Å²) in [7, 11) is 0. The van der Waals surface area contributed by atoms with E-state index in [9.17, 15) is 0 Å². The second kappa shape index (κ2) is 4.13. The zero-order valence-corrected chi connectivity index (χ0v) is 7.97. The van der Waals surface area contributed by atoms with Gasteiger partial charge in [0, 0.05) is 0 Å². The fourth-order valence-corrected chi connectivity index (χ4v) is 2.59. The minimum atomic E-state index is 0.656. The van der Waals surface area contributed by atoms with E-state index >= 15 is 0 Å². The highest BCUT2D eigenvalue weighted by atomic mass is 14.3. The molecule has 0 bridgehead atoms. The molecule has 1 saturated carbocycles. The van der Waals surface area contributed by atoms with Crippen LogP contribution in [0.5, 0.6) is 0 Å². The molecule has 0 N–H and O–H groups in total. The highest BCUT2D eigenvalue weighted by Gasteiger charge is 2.25. The average molecular weight is 153 g/mol. The van der Waals surface area contributed by atoms with Crippen LogP contribution in [-0.4, -0.2) is 0 Å². The summed E-state index contributed by atoms with van der Waals surface area (Å²) in [5.74, 6) is 2.56. The van der Waals surface area contributed by atoms with Crippen molar-refractivity contribution < 1.29 is 0 Å². The number of rotatable bonds is 3. The Bertz CT molecular complexity index is 98.6. The molecule has 0 aromatic carbocycles. The topological polar surface area (TPSA) is 0 Å². The number of hydrogen-bond donors (Lipinski definition) is 0. The minimum Gasteiger partial charge on any atom is -0.0651 e. The molecule has 0 saturated heterocycles. The van der Waals surface area contributed by atoms with E-state index < -0.39 is 0 Å².